The van der Waals surface area contributed by atoms with Crippen molar-refractivity contribution in [2.24, 2.45) is 0 Å². The number of amides is 1. The molecule has 8 nitrogen and oxygen atoms in total. The molecule has 1 aromatic carbocycles. The van der Waals surface area contributed by atoms with E-state index in [1.54, 1.807) is 42.9 Å². The van der Waals surface area contributed by atoms with Crippen LogP contribution in [-0.2, 0) is 16.6 Å². The first-order valence-electron chi connectivity index (χ1n) is 10.4. The highest BCUT2D eigenvalue weighted by molar-refractivity contribution is 7.89. The van der Waals surface area contributed by atoms with Crippen molar-refractivity contribution in [3.63, 3.8) is 0 Å². The Bertz CT molecular complexity index is 1180. The minimum atomic E-state index is -3.63. The van der Waals surface area contributed by atoms with Crippen LogP contribution in [0.5, 0.6) is 5.75 Å². The molecule has 1 saturated heterocycles. The number of hydrogen-bond donors (Lipinski definition) is 1. The Labute approximate surface area is 187 Å². The fourth-order valence-corrected chi connectivity index (χ4v) is 5.04. The lowest BCUT2D eigenvalue weighted by Crippen LogP contribution is -2.35. The number of anilines is 1. The number of rotatable bonds is 7. The van der Waals surface area contributed by atoms with Crippen molar-refractivity contribution in [3.05, 3.63) is 78.2 Å². The Hall–Kier alpha value is -3.30. The number of hydrogen-bond acceptors (Lipinski definition) is 6. The fraction of sp³-hybridized carbons (Fsp3) is 0.261. The molecule has 3 heterocycles. The molecule has 4 rings (SSSR count). The molecule has 0 spiro atoms. The summed E-state index contributed by atoms with van der Waals surface area (Å²) in [5.74, 6) is 0.207. The second-order valence-corrected chi connectivity index (χ2v) is 9.38. The minimum Gasteiger partial charge on any atom is -0.485 e. The second-order valence-electron chi connectivity index (χ2n) is 7.44. The number of pyridine rings is 2. The van der Waals surface area contributed by atoms with Crippen molar-refractivity contribution in [1.82, 2.24) is 14.3 Å². The van der Waals surface area contributed by atoms with Gasteiger partial charge in [-0.05, 0) is 60.9 Å². The summed E-state index contributed by atoms with van der Waals surface area (Å²) < 4.78 is 33.2. The molecule has 3 aromatic rings. The van der Waals surface area contributed by atoms with Crippen LogP contribution in [0.3, 0.4) is 0 Å². The number of aromatic nitrogens is 2. The van der Waals surface area contributed by atoms with Crippen LogP contribution < -0.4 is 10.1 Å². The maximum Gasteiger partial charge on any atom is 0.256 e. The number of piperidine rings is 1. The van der Waals surface area contributed by atoms with Crippen molar-refractivity contribution in [2.75, 3.05) is 18.4 Å². The highest BCUT2D eigenvalue weighted by atomic mass is 32.2. The van der Waals surface area contributed by atoms with Crippen molar-refractivity contribution in [2.45, 2.75) is 30.8 Å². The molecule has 9 heteroatoms. The molecule has 1 amide bonds. The average molecular weight is 453 g/mol. The summed E-state index contributed by atoms with van der Waals surface area (Å²) in [4.78, 5) is 21.2. The number of carbonyl (C=O) groups excluding carboxylic acids is 1. The summed E-state index contributed by atoms with van der Waals surface area (Å²) >= 11 is 0. The van der Waals surface area contributed by atoms with E-state index >= 15 is 0 Å². The molecular weight excluding hydrogens is 428 g/mol. The number of ether oxygens (including phenoxy) is 1. The van der Waals surface area contributed by atoms with Gasteiger partial charge < -0.3 is 10.1 Å². The Morgan fingerprint density at radius 1 is 1.00 bits per heavy atom. The van der Waals surface area contributed by atoms with Gasteiger partial charge in [0, 0.05) is 37.2 Å². The van der Waals surface area contributed by atoms with E-state index < -0.39 is 15.9 Å². The molecule has 166 valence electrons. The smallest absolute Gasteiger partial charge is 0.256 e. The van der Waals surface area contributed by atoms with Gasteiger partial charge >= 0.3 is 0 Å². The zero-order valence-electron chi connectivity index (χ0n) is 17.5. The topological polar surface area (TPSA) is 101 Å². The predicted molar refractivity (Wildman–Crippen MR) is 120 cm³/mol. The van der Waals surface area contributed by atoms with Crippen molar-refractivity contribution in [1.29, 1.82) is 0 Å². The van der Waals surface area contributed by atoms with Gasteiger partial charge in [-0.1, -0.05) is 12.5 Å². The average Bonchev–Trinajstić information content (AvgIpc) is 2.85. The van der Waals surface area contributed by atoms with Crippen molar-refractivity contribution >= 4 is 21.7 Å². The van der Waals surface area contributed by atoms with E-state index in [0.29, 0.717) is 25.4 Å². The molecule has 1 aliphatic heterocycles. The van der Waals surface area contributed by atoms with Crippen LogP contribution in [0.15, 0.2) is 72.0 Å². The van der Waals surface area contributed by atoms with Crippen LogP contribution in [0.1, 0.15) is 35.2 Å². The number of nitrogens with one attached hydrogen (secondary N) is 1. The maximum absolute atomic E-state index is 13.0. The molecule has 1 aliphatic rings. The van der Waals surface area contributed by atoms with E-state index in [9.17, 15) is 13.2 Å². The van der Waals surface area contributed by atoms with Gasteiger partial charge in [0.05, 0.1) is 4.90 Å². The molecule has 0 atom stereocenters. The summed E-state index contributed by atoms with van der Waals surface area (Å²) in [6.07, 6.45) is 7.63. The first-order chi connectivity index (χ1) is 15.5. The van der Waals surface area contributed by atoms with E-state index in [-0.39, 0.29) is 16.3 Å². The largest absolute Gasteiger partial charge is 0.485 e. The van der Waals surface area contributed by atoms with Gasteiger partial charge in [-0.25, -0.2) is 13.4 Å². The van der Waals surface area contributed by atoms with Crippen LogP contribution >= 0.6 is 0 Å². The zero-order valence-corrected chi connectivity index (χ0v) is 18.3. The molecule has 0 radical (unpaired) electrons. The summed E-state index contributed by atoms with van der Waals surface area (Å²) in [6.45, 7) is 1.30. The Kier molecular flexibility index (Phi) is 6.77. The lowest BCUT2D eigenvalue weighted by atomic mass is 10.2. The van der Waals surface area contributed by atoms with E-state index in [1.165, 1.54) is 16.4 Å². The third kappa shape index (κ3) is 5.12. The third-order valence-corrected chi connectivity index (χ3v) is 7.09. The number of carbonyl (C=O) groups is 1. The highest BCUT2D eigenvalue weighted by Gasteiger charge is 2.26. The molecule has 0 aliphatic carbocycles. The number of sulfonamides is 1. The standard InChI is InChI=1S/C23H24N4O4S/c28-23(19-6-4-7-20(16-19)32(29,30)27-14-2-1-3-15-27)26-22-21(8-5-11-25-22)31-17-18-9-12-24-13-10-18/h4-13,16H,1-3,14-15,17H2,(H,25,26,28). The predicted octanol–water partition coefficient (Wildman–Crippen LogP) is 3.48. The van der Waals surface area contributed by atoms with E-state index in [4.69, 9.17) is 4.74 Å². The Morgan fingerprint density at radius 2 is 1.78 bits per heavy atom. The summed E-state index contributed by atoms with van der Waals surface area (Å²) in [5, 5.41) is 2.73. The minimum absolute atomic E-state index is 0.113. The van der Waals surface area contributed by atoms with Gasteiger partial charge in [-0.3, -0.25) is 9.78 Å². The Balaban J connectivity index is 1.49. The molecular formula is C23H24N4O4S. The molecule has 0 saturated carbocycles. The first kappa shape index (κ1) is 21.9. The number of benzene rings is 1. The van der Waals surface area contributed by atoms with Gasteiger partial charge in [0.2, 0.25) is 10.0 Å². The van der Waals surface area contributed by atoms with Gasteiger partial charge in [0.15, 0.2) is 11.6 Å². The SMILES string of the molecule is O=C(Nc1ncccc1OCc1ccncc1)c1cccc(S(=O)(=O)N2CCCCC2)c1. The maximum atomic E-state index is 13.0. The highest BCUT2D eigenvalue weighted by Crippen LogP contribution is 2.24. The van der Waals surface area contributed by atoms with E-state index in [1.807, 2.05) is 12.1 Å². The lowest BCUT2D eigenvalue weighted by Gasteiger charge is -2.26. The quantitative estimate of drug-likeness (QED) is 0.589. The molecule has 32 heavy (non-hydrogen) atoms. The zero-order chi connectivity index (χ0) is 22.4. The van der Waals surface area contributed by atoms with Gasteiger partial charge in [-0.15, -0.1) is 0 Å². The van der Waals surface area contributed by atoms with Crippen LogP contribution in [0.25, 0.3) is 0 Å². The Morgan fingerprint density at radius 3 is 2.56 bits per heavy atom. The van der Waals surface area contributed by atoms with Crippen LogP contribution in [-0.4, -0.2) is 41.7 Å². The van der Waals surface area contributed by atoms with Gasteiger partial charge in [0.1, 0.15) is 6.61 Å². The van der Waals surface area contributed by atoms with Gasteiger partial charge in [0.25, 0.3) is 5.91 Å². The molecule has 0 unspecified atom stereocenters. The first-order valence-corrected chi connectivity index (χ1v) is 11.9. The van der Waals surface area contributed by atoms with Crippen LogP contribution in [0.4, 0.5) is 5.82 Å². The summed E-state index contributed by atoms with van der Waals surface area (Å²) in [7, 11) is -3.63. The van der Waals surface area contributed by atoms with Crippen LogP contribution in [0.2, 0.25) is 0 Å². The van der Waals surface area contributed by atoms with Crippen LogP contribution in [0, 0.1) is 0 Å². The second kappa shape index (κ2) is 9.88. The van der Waals surface area contributed by atoms with Crippen molar-refractivity contribution < 1.29 is 17.9 Å². The summed E-state index contributed by atoms with van der Waals surface area (Å²) in [5.41, 5.74) is 1.16. The third-order valence-electron chi connectivity index (χ3n) is 5.20. The van der Waals surface area contributed by atoms with Gasteiger partial charge in [-0.2, -0.15) is 4.31 Å². The lowest BCUT2D eigenvalue weighted by molar-refractivity contribution is 0.102. The normalized spacial score (nSPS) is 14.6. The van der Waals surface area contributed by atoms with E-state index in [0.717, 1.165) is 24.8 Å². The monoisotopic (exact) mass is 452 g/mol. The fourth-order valence-electron chi connectivity index (χ4n) is 3.47. The van der Waals surface area contributed by atoms with Crippen molar-refractivity contribution in [3.8, 4) is 5.75 Å². The molecule has 1 N–H and O–H groups in total. The summed E-state index contributed by atoms with van der Waals surface area (Å²) in [6, 6.07) is 13.2. The molecule has 2 aromatic heterocycles. The number of nitrogens with zero attached hydrogens (tertiary/aromatic N) is 3. The van der Waals surface area contributed by atoms with E-state index in [2.05, 4.69) is 15.3 Å². The molecule has 1 fully saturated rings. The molecule has 0 bridgehead atoms.